The molecule has 3 amide bonds. The molecule has 132 valence electrons. The normalized spacial score (nSPS) is 10.1. The van der Waals surface area contributed by atoms with E-state index < -0.39 is 5.91 Å². The van der Waals surface area contributed by atoms with Crippen LogP contribution in [0.2, 0.25) is 0 Å². The zero-order valence-corrected chi connectivity index (χ0v) is 14.2. The molecule has 0 aliphatic heterocycles. The minimum absolute atomic E-state index is 0.216. The van der Waals surface area contributed by atoms with E-state index in [1.54, 1.807) is 48.5 Å². The van der Waals surface area contributed by atoms with Crippen LogP contribution in [0, 0.1) is 0 Å². The second-order valence-electron chi connectivity index (χ2n) is 5.60. The average Bonchev–Trinajstić information content (AvgIpc) is 2.61. The molecule has 0 heterocycles. The molecular formula is C19H23N3O3. The lowest BCUT2D eigenvalue weighted by molar-refractivity contribution is 0.1000. The standard InChI is InChI=1S/C19H23N3O3/c1-2-3-4-13-21-19(24)22-15-7-11-17(12-8-15)25-16-9-5-14(6-10-16)18(20)23/h5-12H,2-4,13H2,1H3,(H2,20,23)(H2,21,22,24). The summed E-state index contributed by atoms with van der Waals surface area (Å²) in [7, 11) is 0. The predicted molar refractivity (Wildman–Crippen MR) is 98.0 cm³/mol. The van der Waals surface area contributed by atoms with Gasteiger partial charge in [0.05, 0.1) is 0 Å². The molecule has 0 aromatic heterocycles. The second-order valence-corrected chi connectivity index (χ2v) is 5.60. The van der Waals surface area contributed by atoms with E-state index >= 15 is 0 Å². The zero-order chi connectivity index (χ0) is 18.1. The van der Waals surface area contributed by atoms with E-state index in [2.05, 4.69) is 17.6 Å². The van der Waals surface area contributed by atoms with Crippen LogP contribution >= 0.6 is 0 Å². The molecule has 0 unspecified atom stereocenters. The number of primary amides is 1. The Morgan fingerprint density at radius 1 is 0.960 bits per heavy atom. The third-order valence-corrected chi connectivity index (χ3v) is 3.55. The zero-order valence-electron chi connectivity index (χ0n) is 14.2. The summed E-state index contributed by atoms with van der Waals surface area (Å²) in [5.41, 5.74) is 6.31. The van der Waals surface area contributed by atoms with Crippen LogP contribution in [0.5, 0.6) is 11.5 Å². The first-order valence-corrected chi connectivity index (χ1v) is 8.31. The molecule has 0 bridgehead atoms. The molecule has 0 saturated heterocycles. The first-order chi connectivity index (χ1) is 12.1. The van der Waals surface area contributed by atoms with E-state index in [9.17, 15) is 9.59 Å². The molecule has 0 spiro atoms. The van der Waals surface area contributed by atoms with Crippen molar-refractivity contribution in [3.05, 3.63) is 54.1 Å². The first kappa shape index (κ1) is 18.3. The van der Waals surface area contributed by atoms with Crippen molar-refractivity contribution in [3.63, 3.8) is 0 Å². The molecule has 0 saturated carbocycles. The molecule has 2 aromatic rings. The lowest BCUT2D eigenvalue weighted by Crippen LogP contribution is -2.29. The number of urea groups is 1. The van der Waals surface area contributed by atoms with Crippen LogP contribution in [0.1, 0.15) is 36.5 Å². The smallest absolute Gasteiger partial charge is 0.319 e. The Morgan fingerprint density at radius 3 is 2.12 bits per heavy atom. The first-order valence-electron chi connectivity index (χ1n) is 8.31. The molecule has 0 atom stereocenters. The Bertz CT molecular complexity index is 697. The maximum absolute atomic E-state index is 11.7. The summed E-state index contributed by atoms with van der Waals surface area (Å²) in [4.78, 5) is 22.8. The van der Waals surface area contributed by atoms with Crippen molar-refractivity contribution in [2.75, 3.05) is 11.9 Å². The number of nitrogens with one attached hydrogen (secondary N) is 2. The Balaban J connectivity index is 1.84. The van der Waals surface area contributed by atoms with Crippen LogP contribution in [0.15, 0.2) is 48.5 Å². The Morgan fingerprint density at radius 2 is 1.56 bits per heavy atom. The molecule has 0 radical (unpaired) electrons. The van der Waals surface area contributed by atoms with Gasteiger partial charge in [0.1, 0.15) is 11.5 Å². The van der Waals surface area contributed by atoms with Crippen LogP contribution in [0.25, 0.3) is 0 Å². The number of carbonyl (C=O) groups is 2. The van der Waals surface area contributed by atoms with Crippen LogP contribution < -0.4 is 21.1 Å². The Kier molecular flexibility index (Phi) is 6.83. The molecule has 0 fully saturated rings. The minimum Gasteiger partial charge on any atom is -0.457 e. The molecule has 6 heteroatoms. The topological polar surface area (TPSA) is 93.4 Å². The van der Waals surface area contributed by atoms with Crippen molar-refractivity contribution < 1.29 is 14.3 Å². The molecule has 0 aliphatic carbocycles. The Hall–Kier alpha value is -3.02. The maximum atomic E-state index is 11.7. The summed E-state index contributed by atoms with van der Waals surface area (Å²) < 4.78 is 5.68. The highest BCUT2D eigenvalue weighted by Crippen LogP contribution is 2.23. The molecule has 2 aromatic carbocycles. The monoisotopic (exact) mass is 341 g/mol. The van der Waals surface area contributed by atoms with E-state index in [4.69, 9.17) is 10.5 Å². The van der Waals surface area contributed by atoms with Gasteiger partial charge in [-0.2, -0.15) is 0 Å². The molecule has 2 rings (SSSR count). The molecule has 6 nitrogen and oxygen atoms in total. The highest BCUT2D eigenvalue weighted by Gasteiger charge is 2.03. The van der Waals surface area contributed by atoms with Crippen LogP contribution in [-0.2, 0) is 0 Å². The largest absolute Gasteiger partial charge is 0.457 e. The van der Waals surface area contributed by atoms with Gasteiger partial charge in [0, 0.05) is 17.8 Å². The van der Waals surface area contributed by atoms with E-state index in [0.29, 0.717) is 29.3 Å². The SMILES string of the molecule is CCCCCNC(=O)Nc1ccc(Oc2ccc(C(N)=O)cc2)cc1. The van der Waals surface area contributed by atoms with Gasteiger partial charge in [-0.3, -0.25) is 4.79 Å². The number of hydrogen-bond donors (Lipinski definition) is 3. The summed E-state index contributed by atoms with van der Waals surface area (Å²) in [6, 6.07) is 13.4. The number of rotatable bonds is 8. The van der Waals surface area contributed by atoms with Crippen molar-refractivity contribution in [2.45, 2.75) is 26.2 Å². The van der Waals surface area contributed by atoms with Gasteiger partial charge >= 0.3 is 6.03 Å². The quantitative estimate of drug-likeness (QED) is 0.636. The van der Waals surface area contributed by atoms with Crippen molar-refractivity contribution in [1.82, 2.24) is 5.32 Å². The summed E-state index contributed by atoms with van der Waals surface area (Å²) >= 11 is 0. The van der Waals surface area contributed by atoms with Crippen LogP contribution in [-0.4, -0.2) is 18.5 Å². The highest BCUT2D eigenvalue weighted by molar-refractivity contribution is 5.92. The fourth-order valence-corrected chi connectivity index (χ4v) is 2.18. The number of anilines is 1. The van der Waals surface area contributed by atoms with Crippen LogP contribution in [0.3, 0.4) is 0 Å². The lowest BCUT2D eigenvalue weighted by atomic mass is 10.2. The Labute approximate surface area is 147 Å². The van der Waals surface area contributed by atoms with Crippen molar-refractivity contribution in [3.8, 4) is 11.5 Å². The van der Waals surface area contributed by atoms with E-state index in [1.165, 1.54) is 0 Å². The van der Waals surface area contributed by atoms with Gasteiger partial charge in [-0.15, -0.1) is 0 Å². The number of amides is 3. The van der Waals surface area contributed by atoms with E-state index in [1.807, 2.05) is 0 Å². The third-order valence-electron chi connectivity index (χ3n) is 3.55. The van der Waals surface area contributed by atoms with Gasteiger partial charge in [-0.05, 0) is 55.0 Å². The second kappa shape index (κ2) is 9.32. The fraction of sp³-hybridized carbons (Fsp3) is 0.263. The molecule has 4 N–H and O–H groups in total. The summed E-state index contributed by atoms with van der Waals surface area (Å²) in [5, 5.41) is 5.59. The van der Waals surface area contributed by atoms with Gasteiger partial charge in [-0.25, -0.2) is 4.79 Å². The summed E-state index contributed by atoms with van der Waals surface area (Å²) in [5.74, 6) is 0.745. The van der Waals surface area contributed by atoms with E-state index in [-0.39, 0.29) is 6.03 Å². The number of hydrogen-bond acceptors (Lipinski definition) is 3. The maximum Gasteiger partial charge on any atom is 0.319 e. The molecule has 0 aliphatic rings. The number of unbranched alkanes of at least 4 members (excludes halogenated alkanes) is 2. The number of carbonyl (C=O) groups excluding carboxylic acids is 2. The fourth-order valence-electron chi connectivity index (χ4n) is 2.18. The van der Waals surface area contributed by atoms with Gasteiger partial charge in [0.25, 0.3) is 0 Å². The summed E-state index contributed by atoms with van der Waals surface area (Å²) in [6.07, 6.45) is 3.20. The average molecular weight is 341 g/mol. The highest BCUT2D eigenvalue weighted by atomic mass is 16.5. The van der Waals surface area contributed by atoms with Gasteiger partial charge < -0.3 is 21.1 Å². The van der Waals surface area contributed by atoms with Crippen LogP contribution in [0.4, 0.5) is 10.5 Å². The van der Waals surface area contributed by atoms with Crippen molar-refractivity contribution in [2.24, 2.45) is 5.73 Å². The molecular weight excluding hydrogens is 318 g/mol. The van der Waals surface area contributed by atoms with Gasteiger partial charge in [0.15, 0.2) is 0 Å². The predicted octanol–water partition coefficient (Wildman–Crippen LogP) is 3.89. The van der Waals surface area contributed by atoms with E-state index in [0.717, 1.165) is 19.3 Å². The number of nitrogens with two attached hydrogens (primary N) is 1. The number of benzene rings is 2. The van der Waals surface area contributed by atoms with Gasteiger partial charge in [0.2, 0.25) is 5.91 Å². The lowest BCUT2D eigenvalue weighted by Gasteiger charge is -2.09. The third kappa shape index (κ3) is 6.18. The molecule has 25 heavy (non-hydrogen) atoms. The van der Waals surface area contributed by atoms with Gasteiger partial charge in [-0.1, -0.05) is 19.8 Å². The number of ether oxygens (including phenoxy) is 1. The van der Waals surface area contributed by atoms with Crippen molar-refractivity contribution >= 4 is 17.6 Å². The summed E-state index contributed by atoms with van der Waals surface area (Å²) in [6.45, 7) is 2.79. The van der Waals surface area contributed by atoms with Crippen molar-refractivity contribution in [1.29, 1.82) is 0 Å². The minimum atomic E-state index is -0.477.